The molecule has 0 saturated carbocycles. The highest BCUT2D eigenvalue weighted by molar-refractivity contribution is 5.88. The first kappa shape index (κ1) is 13.0. The van der Waals surface area contributed by atoms with E-state index < -0.39 is 5.97 Å². The van der Waals surface area contributed by atoms with Gasteiger partial charge in [0.05, 0.1) is 5.56 Å². The maximum Gasteiger partial charge on any atom is 0.335 e. The van der Waals surface area contributed by atoms with Gasteiger partial charge in [-0.15, -0.1) is 0 Å². The van der Waals surface area contributed by atoms with Gasteiger partial charge in [0.25, 0.3) is 0 Å². The smallest absolute Gasteiger partial charge is 0.335 e. The zero-order valence-electron chi connectivity index (χ0n) is 10.8. The van der Waals surface area contributed by atoms with Gasteiger partial charge in [-0.25, -0.2) is 9.78 Å². The number of aromatic nitrogens is 2. The largest absolute Gasteiger partial charge is 0.478 e. The summed E-state index contributed by atoms with van der Waals surface area (Å²) in [6, 6.07) is 6.98. The van der Waals surface area contributed by atoms with Crippen molar-refractivity contribution in [3.05, 3.63) is 53.0 Å². The van der Waals surface area contributed by atoms with E-state index in [1.807, 2.05) is 19.1 Å². The van der Waals surface area contributed by atoms with Crippen LogP contribution < -0.4 is 5.32 Å². The van der Waals surface area contributed by atoms with E-state index >= 15 is 0 Å². The van der Waals surface area contributed by atoms with E-state index in [0.717, 1.165) is 11.3 Å². The maximum atomic E-state index is 11.0. The van der Waals surface area contributed by atoms with Crippen LogP contribution >= 0.6 is 0 Å². The van der Waals surface area contributed by atoms with Crippen molar-refractivity contribution in [2.24, 2.45) is 0 Å². The molecule has 2 rings (SSSR count). The van der Waals surface area contributed by atoms with Gasteiger partial charge in [-0.1, -0.05) is 6.07 Å². The first-order valence-electron chi connectivity index (χ1n) is 5.92. The molecular weight excluding hydrogens is 242 g/mol. The number of pyridine rings is 2. The number of aromatic carboxylic acids is 1. The molecule has 0 atom stereocenters. The summed E-state index contributed by atoms with van der Waals surface area (Å²) in [5, 5.41) is 12.1. The fourth-order valence-electron chi connectivity index (χ4n) is 1.68. The molecule has 0 aliphatic carbocycles. The van der Waals surface area contributed by atoms with E-state index in [4.69, 9.17) is 5.11 Å². The summed E-state index contributed by atoms with van der Waals surface area (Å²) in [7, 11) is 0. The fraction of sp³-hybridized carbons (Fsp3) is 0.214. The van der Waals surface area contributed by atoms with Crippen molar-refractivity contribution < 1.29 is 9.90 Å². The van der Waals surface area contributed by atoms with Crippen LogP contribution in [0.3, 0.4) is 0 Å². The number of carboxylic acid groups (broad SMARTS) is 1. The molecule has 0 radical (unpaired) electrons. The Balaban J connectivity index is 2.11. The van der Waals surface area contributed by atoms with Crippen molar-refractivity contribution >= 4 is 11.8 Å². The molecule has 19 heavy (non-hydrogen) atoms. The van der Waals surface area contributed by atoms with Gasteiger partial charge in [0.15, 0.2) is 0 Å². The molecule has 0 unspecified atom stereocenters. The van der Waals surface area contributed by atoms with Gasteiger partial charge in [0, 0.05) is 24.1 Å². The number of aryl methyl sites for hydroxylation is 2. The number of anilines is 1. The lowest BCUT2D eigenvalue weighted by Gasteiger charge is -2.07. The lowest BCUT2D eigenvalue weighted by atomic mass is 10.2. The quantitative estimate of drug-likeness (QED) is 0.879. The van der Waals surface area contributed by atoms with Crippen molar-refractivity contribution in [2.45, 2.75) is 20.4 Å². The third-order valence-electron chi connectivity index (χ3n) is 2.65. The van der Waals surface area contributed by atoms with E-state index in [0.29, 0.717) is 18.1 Å². The minimum atomic E-state index is -0.953. The van der Waals surface area contributed by atoms with E-state index in [1.54, 1.807) is 19.2 Å². The lowest BCUT2D eigenvalue weighted by molar-refractivity contribution is 0.0696. The summed E-state index contributed by atoms with van der Waals surface area (Å²) < 4.78 is 0. The predicted octanol–water partition coefficient (Wildman–Crippen LogP) is 2.40. The van der Waals surface area contributed by atoms with Gasteiger partial charge >= 0.3 is 5.97 Å². The summed E-state index contributed by atoms with van der Waals surface area (Å²) in [6.45, 7) is 4.26. The molecule has 0 spiro atoms. The van der Waals surface area contributed by atoms with Gasteiger partial charge in [-0.2, -0.15) is 0 Å². The summed E-state index contributed by atoms with van der Waals surface area (Å²) in [5.74, 6) is -0.400. The van der Waals surface area contributed by atoms with Crippen molar-refractivity contribution in [3.8, 4) is 0 Å². The minimum absolute atomic E-state index is 0.233. The first-order valence-corrected chi connectivity index (χ1v) is 5.92. The molecule has 0 amide bonds. The summed E-state index contributed by atoms with van der Waals surface area (Å²) in [6.07, 6.45) is 1.79. The molecule has 5 nitrogen and oxygen atoms in total. The Hall–Kier alpha value is -2.43. The highest BCUT2D eigenvalue weighted by Gasteiger charge is 2.06. The van der Waals surface area contributed by atoms with Crippen molar-refractivity contribution in [1.29, 1.82) is 0 Å². The second kappa shape index (κ2) is 5.48. The minimum Gasteiger partial charge on any atom is -0.478 e. The van der Waals surface area contributed by atoms with E-state index in [2.05, 4.69) is 15.3 Å². The highest BCUT2D eigenvalue weighted by Crippen LogP contribution is 2.11. The number of nitrogens with zero attached hydrogens (tertiary/aromatic N) is 2. The Bertz CT molecular complexity index is 594. The second-order valence-electron chi connectivity index (χ2n) is 4.35. The van der Waals surface area contributed by atoms with Crippen molar-refractivity contribution in [2.75, 3.05) is 5.32 Å². The van der Waals surface area contributed by atoms with Crippen LogP contribution in [-0.2, 0) is 6.54 Å². The zero-order valence-corrected chi connectivity index (χ0v) is 10.8. The fourth-order valence-corrected chi connectivity index (χ4v) is 1.68. The van der Waals surface area contributed by atoms with E-state index in [-0.39, 0.29) is 5.56 Å². The average Bonchev–Trinajstić information content (AvgIpc) is 2.37. The van der Waals surface area contributed by atoms with Gasteiger partial charge in [0.1, 0.15) is 5.82 Å². The van der Waals surface area contributed by atoms with Crippen LogP contribution in [0, 0.1) is 13.8 Å². The average molecular weight is 257 g/mol. The Morgan fingerprint density at radius 2 is 2.05 bits per heavy atom. The van der Waals surface area contributed by atoms with E-state index in [1.165, 1.54) is 6.07 Å². The molecular formula is C14H15N3O2. The molecule has 5 heteroatoms. The van der Waals surface area contributed by atoms with E-state index in [9.17, 15) is 4.79 Å². The zero-order chi connectivity index (χ0) is 13.8. The number of carboxylic acids is 1. The van der Waals surface area contributed by atoms with Gasteiger partial charge < -0.3 is 10.4 Å². The Morgan fingerprint density at radius 1 is 1.26 bits per heavy atom. The third kappa shape index (κ3) is 3.51. The van der Waals surface area contributed by atoms with Crippen LogP contribution in [0.15, 0.2) is 30.5 Å². The van der Waals surface area contributed by atoms with Gasteiger partial charge in [-0.3, -0.25) is 4.98 Å². The molecule has 0 bridgehead atoms. The lowest BCUT2D eigenvalue weighted by Crippen LogP contribution is -2.05. The van der Waals surface area contributed by atoms with Crippen LogP contribution in [0.25, 0.3) is 0 Å². The Kier molecular flexibility index (Phi) is 3.75. The number of hydrogen-bond acceptors (Lipinski definition) is 4. The molecule has 0 aliphatic rings. The molecule has 2 heterocycles. The Labute approximate surface area is 111 Å². The summed E-state index contributed by atoms with van der Waals surface area (Å²) in [4.78, 5) is 19.4. The van der Waals surface area contributed by atoms with Gasteiger partial charge in [-0.05, 0) is 37.6 Å². The van der Waals surface area contributed by atoms with Crippen LogP contribution in [0.4, 0.5) is 5.82 Å². The number of nitrogens with one attached hydrogen (secondary N) is 1. The topological polar surface area (TPSA) is 75.1 Å². The SMILES string of the molecule is Cc1ccc(CNc2cc(C(=O)O)cc(C)n2)cn1. The molecule has 0 saturated heterocycles. The summed E-state index contributed by atoms with van der Waals surface area (Å²) in [5.41, 5.74) is 2.89. The normalized spacial score (nSPS) is 10.2. The molecule has 0 aromatic carbocycles. The van der Waals surface area contributed by atoms with Crippen LogP contribution in [0.1, 0.15) is 27.3 Å². The number of carbonyl (C=O) groups is 1. The van der Waals surface area contributed by atoms with Crippen LogP contribution in [0.5, 0.6) is 0 Å². The molecule has 0 aliphatic heterocycles. The monoisotopic (exact) mass is 257 g/mol. The molecule has 2 N–H and O–H groups in total. The molecule has 2 aromatic rings. The molecule has 0 fully saturated rings. The second-order valence-corrected chi connectivity index (χ2v) is 4.35. The van der Waals surface area contributed by atoms with Crippen LogP contribution in [-0.4, -0.2) is 21.0 Å². The van der Waals surface area contributed by atoms with Crippen LogP contribution in [0.2, 0.25) is 0 Å². The summed E-state index contributed by atoms with van der Waals surface area (Å²) >= 11 is 0. The maximum absolute atomic E-state index is 11.0. The van der Waals surface area contributed by atoms with Crippen molar-refractivity contribution in [1.82, 2.24) is 9.97 Å². The third-order valence-corrected chi connectivity index (χ3v) is 2.65. The standard InChI is InChI=1S/C14H15N3O2/c1-9-3-4-11(7-15-9)8-16-13-6-12(14(18)19)5-10(2)17-13/h3-7H,8H2,1-2H3,(H,16,17)(H,18,19). The van der Waals surface area contributed by atoms with Crippen molar-refractivity contribution in [3.63, 3.8) is 0 Å². The van der Waals surface area contributed by atoms with Gasteiger partial charge in [0.2, 0.25) is 0 Å². The number of hydrogen-bond donors (Lipinski definition) is 2. The Morgan fingerprint density at radius 3 is 2.68 bits per heavy atom. The number of rotatable bonds is 4. The molecule has 98 valence electrons. The molecule has 2 aromatic heterocycles. The predicted molar refractivity (Wildman–Crippen MR) is 72.2 cm³/mol. The first-order chi connectivity index (χ1) is 9.04. The highest BCUT2D eigenvalue weighted by atomic mass is 16.4.